The van der Waals surface area contributed by atoms with Crippen molar-refractivity contribution in [1.82, 2.24) is 10.2 Å². The lowest BCUT2D eigenvalue weighted by atomic mass is 9.80. The molecule has 1 spiro atoms. The summed E-state index contributed by atoms with van der Waals surface area (Å²) in [5.41, 5.74) is 4.17. The normalized spacial score (nSPS) is 20.1. The van der Waals surface area contributed by atoms with Crippen LogP contribution in [0.2, 0.25) is 0 Å². The molecule has 0 bridgehead atoms. The van der Waals surface area contributed by atoms with Crippen molar-refractivity contribution in [1.29, 1.82) is 0 Å². The number of nitrogens with one attached hydrogen (secondary N) is 1. The molecule has 2 aromatic carbocycles. The first kappa shape index (κ1) is 20.3. The molecule has 0 saturated carbocycles. The number of thiophene rings is 1. The maximum atomic E-state index is 13.4. The van der Waals surface area contributed by atoms with E-state index in [9.17, 15) is 4.79 Å². The number of aryl methyl sites for hydroxylation is 1. The summed E-state index contributed by atoms with van der Waals surface area (Å²) >= 11 is 1.50. The van der Waals surface area contributed by atoms with E-state index in [0.29, 0.717) is 0 Å². The van der Waals surface area contributed by atoms with Gasteiger partial charge in [0.05, 0.1) is 10.9 Å². The second-order valence-corrected chi connectivity index (χ2v) is 9.80. The molecule has 0 aliphatic carbocycles. The Bertz CT molecular complexity index is 1080. The van der Waals surface area contributed by atoms with Crippen molar-refractivity contribution < 1.29 is 9.53 Å². The van der Waals surface area contributed by atoms with Gasteiger partial charge in [0.2, 0.25) is 0 Å². The summed E-state index contributed by atoms with van der Waals surface area (Å²) in [5, 5.41) is 5.36. The van der Waals surface area contributed by atoms with Gasteiger partial charge in [-0.05, 0) is 49.9 Å². The molecule has 160 valence electrons. The average Bonchev–Trinajstić information content (AvgIpc) is 3.27. The third-order valence-electron chi connectivity index (χ3n) is 6.63. The van der Waals surface area contributed by atoms with Crippen LogP contribution in [0.1, 0.15) is 46.1 Å². The Labute approximate surface area is 187 Å². The molecule has 3 heterocycles. The van der Waals surface area contributed by atoms with Crippen LogP contribution >= 0.6 is 11.3 Å². The Kier molecular flexibility index (Phi) is 5.32. The maximum Gasteiger partial charge on any atom is 0.262 e. The van der Waals surface area contributed by atoms with Crippen LogP contribution in [0.5, 0.6) is 5.75 Å². The first-order valence-electron chi connectivity index (χ1n) is 10.9. The molecule has 1 amide bonds. The third-order valence-corrected chi connectivity index (χ3v) is 7.55. The van der Waals surface area contributed by atoms with Crippen molar-refractivity contribution in [2.45, 2.75) is 37.8 Å². The summed E-state index contributed by atoms with van der Waals surface area (Å²) < 4.78 is 6.54. The van der Waals surface area contributed by atoms with Gasteiger partial charge < -0.3 is 15.0 Å². The number of para-hydroxylation sites is 1. The number of carbonyl (C=O) groups excluding carboxylic acids is 1. The van der Waals surface area contributed by atoms with Gasteiger partial charge in [-0.2, -0.15) is 0 Å². The number of hydrogen-bond acceptors (Lipinski definition) is 4. The number of hydrogen-bond donors (Lipinski definition) is 1. The molecule has 1 fully saturated rings. The van der Waals surface area contributed by atoms with Crippen molar-refractivity contribution in [3.8, 4) is 16.9 Å². The Morgan fingerprint density at radius 3 is 2.61 bits per heavy atom. The lowest BCUT2D eigenvalue weighted by Gasteiger charge is -2.46. The summed E-state index contributed by atoms with van der Waals surface area (Å²) in [5.74, 6) is 0.906. The number of piperidine rings is 1. The van der Waals surface area contributed by atoms with Crippen LogP contribution in [0.15, 0.2) is 60.0 Å². The zero-order chi connectivity index (χ0) is 21.4. The first-order chi connectivity index (χ1) is 15.0. The second kappa shape index (κ2) is 8.13. The average molecular weight is 433 g/mol. The van der Waals surface area contributed by atoms with Gasteiger partial charge >= 0.3 is 0 Å². The Morgan fingerprint density at radius 2 is 1.84 bits per heavy atom. The largest absolute Gasteiger partial charge is 0.487 e. The van der Waals surface area contributed by atoms with E-state index in [0.717, 1.165) is 59.7 Å². The van der Waals surface area contributed by atoms with Crippen molar-refractivity contribution in [2.75, 3.05) is 20.1 Å². The standard InChI is InChI=1S/C26H28N2O2S/c1-18-7-9-19(10-8-18)20-11-16-31-24(20)25(29)27-22-17-26(12-14-28(2)15-13-26)30-23-6-4-3-5-21(22)23/h3-11,16,22H,12-15,17H2,1-2H3,(H,27,29). The second-order valence-electron chi connectivity index (χ2n) is 8.89. The van der Waals surface area contributed by atoms with Crippen molar-refractivity contribution in [3.63, 3.8) is 0 Å². The van der Waals surface area contributed by atoms with E-state index in [1.54, 1.807) is 0 Å². The first-order valence-corrected chi connectivity index (χ1v) is 11.8. The van der Waals surface area contributed by atoms with Crippen LogP contribution in [0.3, 0.4) is 0 Å². The monoisotopic (exact) mass is 432 g/mol. The minimum atomic E-state index is -0.200. The van der Waals surface area contributed by atoms with Gasteiger partial charge in [-0.3, -0.25) is 4.79 Å². The molecular weight excluding hydrogens is 404 g/mol. The molecule has 1 atom stereocenters. The van der Waals surface area contributed by atoms with Crippen molar-refractivity contribution >= 4 is 17.2 Å². The number of amides is 1. The highest BCUT2D eigenvalue weighted by atomic mass is 32.1. The highest BCUT2D eigenvalue weighted by molar-refractivity contribution is 7.12. The molecule has 2 aliphatic rings. The lowest BCUT2D eigenvalue weighted by Crippen LogP contribution is -2.51. The van der Waals surface area contributed by atoms with Crippen molar-refractivity contribution in [3.05, 3.63) is 76.0 Å². The molecule has 1 aromatic heterocycles. The molecule has 1 saturated heterocycles. The summed E-state index contributed by atoms with van der Waals surface area (Å²) in [6, 6.07) is 18.5. The number of carbonyl (C=O) groups is 1. The molecule has 5 heteroatoms. The molecular formula is C26H28N2O2S. The molecule has 3 aromatic rings. The summed E-state index contributed by atoms with van der Waals surface area (Å²) in [4.78, 5) is 16.5. The van der Waals surface area contributed by atoms with E-state index in [2.05, 4.69) is 54.5 Å². The predicted octanol–water partition coefficient (Wildman–Crippen LogP) is 5.44. The Morgan fingerprint density at radius 1 is 1.10 bits per heavy atom. The predicted molar refractivity (Wildman–Crippen MR) is 126 cm³/mol. The topological polar surface area (TPSA) is 41.6 Å². The van der Waals surface area contributed by atoms with Crippen LogP contribution < -0.4 is 10.1 Å². The molecule has 31 heavy (non-hydrogen) atoms. The molecule has 0 radical (unpaired) electrons. The summed E-state index contributed by atoms with van der Waals surface area (Å²) in [7, 11) is 2.16. The number of likely N-dealkylation sites (tertiary alicyclic amines) is 1. The SMILES string of the molecule is Cc1ccc(-c2ccsc2C(=O)NC2CC3(CCN(C)CC3)Oc3ccccc32)cc1. The zero-order valence-corrected chi connectivity index (χ0v) is 18.9. The van der Waals surface area contributed by atoms with Gasteiger partial charge in [0.1, 0.15) is 11.4 Å². The van der Waals surface area contributed by atoms with Gasteiger partial charge in [0.25, 0.3) is 5.91 Å². The summed E-state index contributed by atoms with van der Waals surface area (Å²) in [6.07, 6.45) is 2.78. The maximum absolute atomic E-state index is 13.4. The fourth-order valence-electron chi connectivity index (χ4n) is 4.75. The number of nitrogens with zero attached hydrogens (tertiary/aromatic N) is 1. The van der Waals surface area contributed by atoms with E-state index in [1.807, 2.05) is 29.6 Å². The van der Waals surface area contributed by atoms with Crippen LogP contribution in [0.4, 0.5) is 0 Å². The molecule has 2 aliphatic heterocycles. The highest BCUT2D eigenvalue weighted by Gasteiger charge is 2.43. The van der Waals surface area contributed by atoms with Crippen molar-refractivity contribution in [2.24, 2.45) is 0 Å². The number of benzene rings is 2. The smallest absolute Gasteiger partial charge is 0.262 e. The van der Waals surface area contributed by atoms with Crippen LogP contribution in [-0.4, -0.2) is 36.5 Å². The highest BCUT2D eigenvalue weighted by Crippen LogP contribution is 2.44. The minimum absolute atomic E-state index is 0.00430. The van der Waals surface area contributed by atoms with Crippen LogP contribution in [0.25, 0.3) is 11.1 Å². The van der Waals surface area contributed by atoms with Crippen LogP contribution in [-0.2, 0) is 0 Å². The molecule has 1 unspecified atom stereocenters. The Balaban J connectivity index is 1.42. The molecule has 1 N–H and O–H groups in total. The fraction of sp³-hybridized carbons (Fsp3) is 0.346. The van der Waals surface area contributed by atoms with Gasteiger partial charge in [-0.25, -0.2) is 0 Å². The van der Waals surface area contributed by atoms with Gasteiger partial charge in [-0.1, -0.05) is 48.0 Å². The van der Waals surface area contributed by atoms with E-state index >= 15 is 0 Å². The third kappa shape index (κ3) is 4.00. The quantitative estimate of drug-likeness (QED) is 0.599. The number of fused-ring (bicyclic) bond motifs is 1. The number of rotatable bonds is 3. The minimum Gasteiger partial charge on any atom is -0.487 e. The zero-order valence-electron chi connectivity index (χ0n) is 18.1. The number of ether oxygens (including phenoxy) is 1. The molecule has 5 rings (SSSR count). The molecule has 4 nitrogen and oxygen atoms in total. The van der Waals surface area contributed by atoms with E-state index in [4.69, 9.17) is 4.74 Å². The fourth-order valence-corrected chi connectivity index (χ4v) is 5.57. The lowest BCUT2D eigenvalue weighted by molar-refractivity contribution is -0.0195. The Hall–Kier alpha value is -2.63. The van der Waals surface area contributed by atoms with E-state index in [-0.39, 0.29) is 17.6 Å². The van der Waals surface area contributed by atoms with Crippen LogP contribution in [0, 0.1) is 6.92 Å². The van der Waals surface area contributed by atoms with E-state index < -0.39 is 0 Å². The van der Waals surface area contributed by atoms with Gasteiger partial charge in [0, 0.05) is 30.6 Å². The summed E-state index contributed by atoms with van der Waals surface area (Å²) in [6.45, 7) is 4.11. The van der Waals surface area contributed by atoms with Gasteiger partial charge in [0.15, 0.2) is 0 Å². The van der Waals surface area contributed by atoms with E-state index in [1.165, 1.54) is 16.9 Å². The van der Waals surface area contributed by atoms with Gasteiger partial charge in [-0.15, -0.1) is 11.3 Å².